The maximum Gasteiger partial charge on any atom is 0.140 e. The van der Waals surface area contributed by atoms with Crippen molar-refractivity contribution >= 4 is 11.8 Å². The summed E-state index contributed by atoms with van der Waals surface area (Å²) >= 11 is 1.13. The fraction of sp³-hybridized carbons (Fsp3) is 0.294. The molecule has 2 aromatic rings. The Labute approximate surface area is 128 Å². The maximum absolute atomic E-state index is 14.1. The van der Waals surface area contributed by atoms with E-state index in [1.807, 2.05) is 31.2 Å². The number of aryl methyl sites for hydroxylation is 1. The van der Waals surface area contributed by atoms with Crippen molar-refractivity contribution in [2.24, 2.45) is 0 Å². The van der Waals surface area contributed by atoms with Crippen molar-refractivity contribution in [2.45, 2.75) is 36.6 Å². The molecule has 0 bridgehead atoms. The highest BCUT2D eigenvalue weighted by Gasteiger charge is 2.13. The zero-order chi connectivity index (χ0) is 15.2. The molecule has 0 fully saturated rings. The van der Waals surface area contributed by atoms with Crippen molar-refractivity contribution in [3.8, 4) is 0 Å². The highest BCUT2D eigenvalue weighted by atomic mass is 32.2. The first kappa shape index (κ1) is 16.0. The number of nitrogens with one attached hydrogen (secondary N) is 1. The number of hydrogen-bond donors (Lipinski definition) is 1. The van der Waals surface area contributed by atoms with Crippen LogP contribution in [0.4, 0.5) is 8.78 Å². The van der Waals surface area contributed by atoms with Crippen LogP contribution in [0.15, 0.2) is 46.2 Å². The molecule has 0 heterocycles. The van der Waals surface area contributed by atoms with Gasteiger partial charge in [-0.2, -0.15) is 0 Å². The van der Waals surface area contributed by atoms with Crippen LogP contribution in [0, 0.1) is 18.6 Å². The summed E-state index contributed by atoms with van der Waals surface area (Å²) in [5.41, 5.74) is 1.64. The molecule has 0 atom stereocenters. The van der Waals surface area contributed by atoms with Crippen molar-refractivity contribution in [3.63, 3.8) is 0 Å². The Balaban J connectivity index is 2.19. The molecule has 4 heteroatoms. The van der Waals surface area contributed by atoms with Gasteiger partial charge in [0.05, 0.1) is 4.90 Å². The first-order chi connectivity index (χ1) is 10.1. The van der Waals surface area contributed by atoms with E-state index in [9.17, 15) is 8.78 Å². The third kappa shape index (κ3) is 4.29. The maximum atomic E-state index is 14.1. The van der Waals surface area contributed by atoms with Crippen LogP contribution >= 0.6 is 11.8 Å². The molecule has 1 nitrogen and oxygen atoms in total. The van der Waals surface area contributed by atoms with Crippen LogP contribution < -0.4 is 5.32 Å². The summed E-state index contributed by atoms with van der Waals surface area (Å²) in [5, 5.41) is 3.14. The second-order valence-electron chi connectivity index (χ2n) is 4.93. The van der Waals surface area contributed by atoms with Gasteiger partial charge < -0.3 is 5.32 Å². The van der Waals surface area contributed by atoms with Gasteiger partial charge in [-0.15, -0.1) is 0 Å². The van der Waals surface area contributed by atoms with Crippen LogP contribution in [0.25, 0.3) is 0 Å². The normalized spacial score (nSPS) is 10.9. The van der Waals surface area contributed by atoms with Gasteiger partial charge in [-0.25, -0.2) is 8.78 Å². The predicted octanol–water partition coefficient (Wildman–Crippen LogP) is 4.92. The summed E-state index contributed by atoms with van der Waals surface area (Å²) in [5.74, 6) is -1.01. The van der Waals surface area contributed by atoms with E-state index in [-0.39, 0.29) is 4.90 Å². The quantitative estimate of drug-likeness (QED) is 0.760. The summed E-state index contributed by atoms with van der Waals surface area (Å²) in [6.45, 7) is 5.30. The number of benzene rings is 2. The van der Waals surface area contributed by atoms with Gasteiger partial charge in [-0.1, -0.05) is 36.9 Å². The van der Waals surface area contributed by atoms with E-state index in [1.54, 1.807) is 0 Å². The molecule has 112 valence electrons. The standard InChI is InChI=1S/C17H19F2NS/c1-3-8-20-11-13-9-14(18)17(15(19)10-13)21-16-7-5-4-6-12(16)2/h4-7,9-10,20H,3,8,11H2,1-2H3. The number of rotatable bonds is 6. The SMILES string of the molecule is CCCNCc1cc(F)c(Sc2ccccc2C)c(F)c1. The van der Waals surface area contributed by atoms with Crippen molar-refractivity contribution in [1.82, 2.24) is 5.32 Å². The average molecular weight is 307 g/mol. The smallest absolute Gasteiger partial charge is 0.140 e. The Morgan fingerprint density at radius 1 is 1.10 bits per heavy atom. The molecule has 0 aliphatic rings. The topological polar surface area (TPSA) is 12.0 Å². The third-order valence-electron chi connectivity index (χ3n) is 3.12. The molecular weight excluding hydrogens is 288 g/mol. The Bertz CT molecular complexity index is 590. The van der Waals surface area contributed by atoms with E-state index in [0.29, 0.717) is 12.1 Å². The summed E-state index contributed by atoms with van der Waals surface area (Å²) in [4.78, 5) is 0.927. The molecular formula is C17H19F2NS. The van der Waals surface area contributed by atoms with Gasteiger partial charge in [0.2, 0.25) is 0 Å². The molecule has 2 aromatic carbocycles. The number of hydrogen-bond acceptors (Lipinski definition) is 2. The van der Waals surface area contributed by atoms with E-state index in [1.165, 1.54) is 12.1 Å². The van der Waals surface area contributed by atoms with Crippen molar-refractivity contribution < 1.29 is 8.78 Å². The summed E-state index contributed by atoms with van der Waals surface area (Å²) in [6.07, 6.45) is 0.992. The van der Waals surface area contributed by atoms with E-state index < -0.39 is 11.6 Å². The Hall–Kier alpha value is -1.39. The van der Waals surface area contributed by atoms with Crippen LogP contribution in [-0.2, 0) is 6.54 Å². The Kier molecular flexibility index (Phi) is 5.76. The minimum Gasteiger partial charge on any atom is -0.313 e. The number of halogens is 2. The van der Waals surface area contributed by atoms with E-state index >= 15 is 0 Å². The summed E-state index contributed by atoms with van der Waals surface area (Å²) in [6, 6.07) is 10.4. The van der Waals surface area contributed by atoms with Gasteiger partial charge in [0.25, 0.3) is 0 Å². The highest BCUT2D eigenvalue weighted by Crippen LogP contribution is 2.34. The molecule has 1 N–H and O–H groups in total. The second-order valence-corrected chi connectivity index (χ2v) is 5.99. The minimum atomic E-state index is -0.503. The van der Waals surface area contributed by atoms with Gasteiger partial charge in [0, 0.05) is 11.4 Å². The van der Waals surface area contributed by atoms with Crippen LogP contribution in [0.3, 0.4) is 0 Å². The fourth-order valence-electron chi connectivity index (χ4n) is 2.00. The summed E-state index contributed by atoms with van der Waals surface area (Å²) in [7, 11) is 0. The molecule has 21 heavy (non-hydrogen) atoms. The van der Waals surface area contributed by atoms with Crippen LogP contribution in [0.1, 0.15) is 24.5 Å². The Morgan fingerprint density at radius 3 is 2.38 bits per heavy atom. The first-order valence-corrected chi connectivity index (χ1v) is 7.85. The van der Waals surface area contributed by atoms with Crippen LogP contribution in [0.5, 0.6) is 0 Å². The third-order valence-corrected chi connectivity index (χ3v) is 4.39. The second kappa shape index (κ2) is 7.57. The molecule has 0 radical (unpaired) electrons. The minimum absolute atomic E-state index is 0.0588. The first-order valence-electron chi connectivity index (χ1n) is 7.04. The van der Waals surface area contributed by atoms with Crippen LogP contribution in [-0.4, -0.2) is 6.54 Å². The van der Waals surface area contributed by atoms with Gasteiger partial charge in [-0.3, -0.25) is 0 Å². The van der Waals surface area contributed by atoms with Gasteiger partial charge >= 0.3 is 0 Å². The van der Waals surface area contributed by atoms with E-state index in [2.05, 4.69) is 12.2 Å². The van der Waals surface area contributed by atoms with E-state index in [4.69, 9.17) is 0 Å². The van der Waals surface area contributed by atoms with E-state index in [0.717, 1.165) is 35.2 Å². The zero-order valence-corrected chi connectivity index (χ0v) is 13.1. The lowest BCUT2D eigenvalue weighted by Gasteiger charge is -2.10. The summed E-state index contributed by atoms with van der Waals surface area (Å²) < 4.78 is 28.3. The van der Waals surface area contributed by atoms with Gasteiger partial charge in [0.15, 0.2) is 0 Å². The van der Waals surface area contributed by atoms with Gasteiger partial charge in [0.1, 0.15) is 11.6 Å². The molecule has 0 saturated heterocycles. The largest absolute Gasteiger partial charge is 0.313 e. The lowest BCUT2D eigenvalue weighted by Crippen LogP contribution is -2.14. The van der Waals surface area contributed by atoms with Crippen molar-refractivity contribution in [2.75, 3.05) is 6.54 Å². The van der Waals surface area contributed by atoms with Crippen molar-refractivity contribution in [1.29, 1.82) is 0 Å². The average Bonchev–Trinajstić information content (AvgIpc) is 2.45. The molecule has 0 aromatic heterocycles. The zero-order valence-electron chi connectivity index (χ0n) is 12.2. The molecule has 0 amide bonds. The molecule has 0 aliphatic heterocycles. The molecule has 0 unspecified atom stereocenters. The van der Waals surface area contributed by atoms with Crippen LogP contribution in [0.2, 0.25) is 0 Å². The fourth-order valence-corrected chi connectivity index (χ4v) is 2.91. The molecule has 0 aliphatic carbocycles. The Morgan fingerprint density at radius 2 is 1.76 bits per heavy atom. The predicted molar refractivity (Wildman–Crippen MR) is 83.7 cm³/mol. The lowest BCUT2D eigenvalue weighted by molar-refractivity contribution is 0.534. The molecule has 2 rings (SSSR count). The lowest BCUT2D eigenvalue weighted by atomic mass is 10.2. The van der Waals surface area contributed by atoms with Gasteiger partial charge in [-0.05, 0) is 49.2 Å². The molecule has 0 saturated carbocycles. The highest BCUT2D eigenvalue weighted by molar-refractivity contribution is 7.99. The molecule has 0 spiro atoms. The van der Waals surface area contributed by atoms with Crippen molar-refractivity contribution in [3.05, 3.63) is 59.2 Å². The monoisotopic (exact) mass is 307 g/mol.